The third kappa shape index (κ3) is 8.07. The van der Waals surface area contributed by atoms with Crippen LogP contribution in [0.2, 0.25) is 16.6 Å². The van der Waals surface area contributed by atoms with Crippen LogP contribution in [0.3, 0.4) is 0 Å². The van der Waals surface area contributed by atoms with Gasteiger partial charge in [-0.2, -0.15) is 0 Å². The van der Waals surface area contributed by atoms with E-state index in [1.54, 1.807) is 0 Å². The van der Waals surface area contributed by atoms with Crippen molar-refractivity contribution in [3.63, 3.8) is 0 Å². The van der Waals surface area contributed by atoms with Gasteiger partial charge in [0, 0.05) is 36.2 Å². The first-order valence-corrected chi connectivity index (χ1v) is 15.7. The summed E-state index contributed by atoms with van der Waals surface area (Å²) < 4.78 is 0. The summed E-state index contributed by atoms with van der Waals surface area (Å²) in [7, 11) is 2.23. The van der Waals surface area contributed by atoms with E-state index in [2.05, 4.69) is 155 Å². The zero-order valence-corrected chi connectivity index (χ0v) is 26.5. The number of rotatable bonds is 7. The number of hydrogen-bond acceptors (Lipinski definition) is 1. The summed E-state index contributed by atoms with van der Waals surface area (Å²) in [6.07, 6.45) is 2.84. The maximum atomic E-state index is 4.03. The molecule has 0 N–H and O–H groups in total. The fraction of sp³-hybridized carbons (Fsp3) is 0.559. The largest absolute Gasteiger partial charge is 0.378 e. The van der Waals surface area contributed by atoms with Crippen molar-refractivity contribution in [1.82, 2.24) is 0 Å². The van der Waals surface area contributed by atoms with Crippen LogP contribution < -0.4 is 4.90 Å². The maximum Gasteiger partial charge on any atom is 0.146 e. The minimum atomic E-state index is -1.87. The van der Waals surface area contributed by atoms with Gasteiger partial charge in [0.1, 0.15) is 8.07 Å². The maximum absolute atomic E-state index is 4.03. The van der Waals surface area contributed by atoms with E-state index in [9.17, 15) is 0 Å². The Bertz CT molecular complexity index is 1050. The summed E-state index contributed by atoms with van der Waals surface area (Å²) in [5, 5.41) is 0. The van der Waals surface area contributed by atoms with Crippen molar-refractivity contribution in [2.75, 3.05) is 19.0 Å². The second kappa shape index (κ2) is 12.7. The Kier molecular flexibility index (Phi) is 11.2. The molecule has 0 heterocycles. The summed E-state index contributed by atoms with van der Waals surface area (Å²) in [6, 6.07) is 8.39. The van der Waals surface area contributed by atoms with Crippen LogP contribution >= 0.6 is 0 Å². The van der Waals surface area contributed by atoms with Crippen molar-refractivity contribution in [2.45, 2.75) is 99.2 Å². The molecule has 0 amide bonds. The number of hydrogen-bond donors (Lipinski definition) is 0. The first kappa shape index (κ1) is 31.6. The highest BCUT2D eigenvalue weighted by Gasteiger charge is 2.42. The first-order chi connectivity index (χ1) is 16.5. The van der Waals surface area contributed by atoms with Gasteiger partial charge in [0.2, 0.25) is 0 Å². The van der Waals surface area contributed by atoms with Gasteiger partial charge in [-0.15, -0.1) is 12.1 Å². The Morgan fingerprint density at radius 1 is 0.861 bits per heavy atom. The van der Waals surface area contributed by atoms with Crippen LogP contribution in [0.1, 0.15) is 88.1 Å². The highest BCUT2D eigenvalue weighted by Crippen LogP contribution is 2.41. The zero-order valence-electron chi connectivity index (χ0n) is 25.5. The van der Waals surface area contributed by atoms with Gasteiger partial charge in [-0.05, 0) is 47.3 Å². The number of benzene rings is 1. The van der Waals surface area contributed by atoms with E-state index in [1.165, 1.54) is 5.69 Å². The van der Waals surface area contributed by atoms with Gasteiger partial charge < -0.3 is 4.90 Å². The predicted octanol–water partition coefficient (Wildman–Crippen LogP) is 9.43. The Morgan fingerprint density at radius 3 is 1.75 bits per heavy atom. The highest BCUT2D eigenvalue weighted by molar-refractivity contribution is 6.90. The molecule has 0 spiro atoms. The van der Waals surface area contributed by atoms with Gasteiger partial charge in [0.15, 0.2) is 0 Å². The standard InChI is InChI=1S/C34H51NSi/c1-15-23-34(11,12)31(22-24-36(26(2)3,27(4)5)28(6)7)25-30(33(8,9)10)19-16-29-17-20-32(21-18-29)35(13)14/h15,17-18,20-21,26-28H,1,23H2,2-14H3. The molecule has 0 atom stereocenters. The topological polar surface area (TPSA) is 3.24 Å². The van der Waals surface area contributed by atoms with Crippen LogP contribution in [-0.4, -0.2) is 22.2 Å². The molecule has 0 radical (unpaired) electrons. The monoisotopic (exact) mass is 501 g/mol. The van der Waals surface area contributed by atoms with E-state index >= 15 is 0 Å². The van der Waals surface area contributed by atoms with E-state index in [4.69, 9.17) is 0 Å². The molecule has 0 bridgehead atoms. The van der Waals surface area contributed by atoms with Gasteiger partial charge >= 0.3 is 0 Å². The average molecular weight is 502 g/mol. The summed E-state index contributed by atoms with van der Waals surface area (Å²) >= 11 is 0. The zero-order chi connectivity index (χ0) is 27.9. The molecule has 196 valence electrons. The predicted molar refractivity (Wildman–Crippen MR) is 165 cm³/mol. The first-order valence-electron chi connectivity index (χ1n) is 13.4. The second-order valence-corrected chi connectivity index (χ2v) is 18.4. The molecular weight excluding hydrogens is 450 g/mol. The molecule has 1 rings (SSSR count). The molecule has 36 heavy (non-hydrogen) atoms. The van der Waals surface area contributed by atoms with Crippen LogP contribution in [0.25, 0.3) is 0 Å². The molecule has 1 aromatic carbocycles. The minimum Gasteiger partial charge on any atom is -0.378 e. The van der Waals surface area contributed by atoms with Crippen molar-refractivity contribution in [2.24, 2.45) is 10.8 Å². The molecule has 0 aromatic heterocycles. The lowest BCUT2D eigenvalue weighted by Gasteiger charge is -2.38. The van der Waals surface area contributed by atoms with Crippen LogP contribution in [0.4, 0.5) is 5.69 Å². The Hall–Kier alpha value is -2.38. The van der Waals surface area contributed by atoms with Crippen molar-refractivity contribution in [1.29, 1.82) is 0 Å². The Morgan fingerprint density at radius 2 is 1.36 bits per heavy atom. The quantitative estimate of drug-likeness (QED) is 0.156. The summed E-state index contributed by atoms with van der Waals surface area (Å²) in [5.41, 5.74) is 13.4. The molecule has 0 saturated carbocycles. The molecule has 0 saturated heterocycles. The highest BCUT2D eigenvalue weighted by atomic mass is 28.3. The number of allylic oxidation sites excluding steroid dienone is 2. The van der Waals surface area contributed by atoms with Crippen molar-refractivity contribution < 1.29 is 0 Å². The molecule has 2 heteroatoms. The SMILES string of the molecule is C=CCC(C)(C)C(=C=C(C#Cc1ccc(N(C)C)cc1)C(C)(C)C)C#C[Si](C(C)C)(C(C)C)C(C)C. The third-order valence-electron chi connectivity index (χ3n) is 7.32. The summed E-state index contributed by atoms with van der Waals surface area (Å²) in [6.45, 7) is 29.3. The third-order valence-corrected chi connectivity index (χ3v) is 13.6. The molecule has 0 aliphatic carbocycles. The van der Waals surface area contributed by atoms with Gasteiger partial charge in [0.25, 0.3) is 0 Å². The van der Waals surface area contributed by atoms with Gasteiger partial charge in [-0.1, -0.05) is 106 Å². The molecule has 0 aliphatic rings. The van der Waals surface area contributed by atoms with Gasteiger partial charge in [0.05, 0.1) is 11.1 Å². The summed E-state index contributed by atoms with van der Waals surface area (Å²) in [5.74, 6) is 10.6. The molecule has 1 nitrogen and oxygen atoms in total. The van der Waals surface area contributed by atoms with E-state index in [1.807, 2.05) is 6.08 Å². The fourth-order valence-electron chi connectivity index (χ4n) is 4.95. The molecule has 0 fully saturated rings. The smallest absolute Gasteiger partial charge is 0.146 e. The van der Waals surface area contributed by atoms with Crippen LogP contribution in [0, 0.1) is 34.1 Å². The number of nitrogens with zero attached hydrogens (tertiary/aromatic N) is 1. The van der Waals surface area contributed by atoms with Crippen molar-refractivity contribution in [3.8, 4) is 23.3 Å². The number of anilines is 1. The van der Waals surface area contributed by atoms with E-state index in [-0.39, 0.29) is 10.8 Å². The van der Waals surface area contributed by atoms with E-state index < -0.39 is 8.07 Å². The van der Waals surface area contributed by atoms with Crippen molar-refractivity contribution >= 4 is 13.8 Å². The van der Waals surface area contributed by atoms with E-state index in [0.29, 0.717) is 16.6 Å². The molecule has 0 unspecified atom stereocenters. The normalized spacial score (nSPS) is 11.9. The average Bonchev–Trinajstić information content (AvgIpc) is 2.73. The van der Waals surface area contributed by atoms with E-state index in [0.717, 1.165) is 23.1 Å². The van der Waals surface area contributed by atoms with Crippen molar-refractivity contribution in [3.05, 3.63) is 59.4 Å². The van der Waals surface area contributed by atoms with Gasteiger partial charge in [-0.25, -0.2) is 0 Å². The second-order valence-electron chi connectivity index (χ2n) is 12.8. The lowest BCUT2D eigenvalue weighted by Crippen LogP contribution is -2.43. The molecular formula is C34H51NSi. The lowest BCUT2D eigenvalue weighted by atomic mass is 9.79. The minimum absolute atomic E-state index is 0.142. The van der Waals surface area contributed by atoms with Crippen LogP contribution in [0.15, 0.2) is 53.8 Å². The Labute approximate surface area is 225 Å². The van der Waals surface area contributed by atoms with Crippen LogP contribution in [0.5, 0.6) is 0 Å². The molecule has 0 aliphatic heterocycles. The Balaban J connectivity index is 3.92. The lowest BCUT2D eigenvalue weighted by molar-refractivity contribution is 0.467. The van der Waals surface area contributed by atoms with Crippen LogP contribution in [-0.2, 0) is 0 Å². The van der Waals surface area contributed by atoms with Gasteiger partial charge in [-0.3, -0.25) is 0 Å². The fourth-order valence-corrected chi connectivity index (χ4v) is 10.2. The molecule has 1 aromatic rings. The summed E-state index contributed by atoms with van der Waals surface area (Å²) in [4.78, 5) is 2.10.